The van der Waals surface area contributed by atoms with Crippen molar-refractivity contribution in [2.75, 3.05) is 25.6 Å². The van der Waals surface area contributed by atoms with Crippen LogP contribution in [-0.2, 0) is 4.79 Å². The average molecular weight is 436 g/mol. The molecule has 2 atom stereocenters. The third-order valence-corrected chi connectivity index (χ3v) is 5.34. The SMILES string of the molecule is CSCCC(NC(=O)c1ccccc1Cl)C(=O)N(C)CCC(N)C(C)C.Cl. The van der Waals surface area contributed by atoms with E-state index in [4.69, 9.17) is 17.3 Å². The average Bonchev–Trinajstić information content (AvgIpc) is 2.62. The van der Waals surface area contributed by atoms with Gasteiger partial charge < -0.3 is 16.0 Å². The molecular weight excluding hydrogens is 405 g/mol. The van der Waals surface area contributed by atoms with Gasteiger partial charge >= 0.3 is 0 Å². The smallest absolute Gasteiger partial charge is 0.253 e. The van der Waals surface area contributed by atoms with Crippen molar-refractivity contribution >= 4 is 47.6 Å². The van der Waals surface area contributed by atoms with E-state index in [-0.39, 0.29) is 30.3 Å². The Balaban J connectivity index is 0.00000676. The van der Waals surface area contributed by atoms with E-state index in [9.17, 15) is 9.59 Å². The number of carbonyl (C=O) groups is 2. The molecule has 3 N–H and O–H groups in total. The number of amides is 2. The molecular formula is C19H31Cl2N3O2S. The Morgan fingerprint density at radius 2 is 1.89 bits per heavy atom. The standard InChI is InChI=1S/C19H30ClN3O2S.ClH/c1-13(2)16(21)9-11-23(3)19(25)17(10-12-26-4)22-18(24)14-7-5-6-8-15(14)20;/h5-8,13,16-17H,9-12,21H2,1-4H3,(H,22,24);1H. The van der Waals surface area contributed by atoms with Gasteiger partial charge in [-0.2, -0.15) is 11.8 Å². The summed E-state index contributed by atoms with van der Waals surface area (Å²) >= 11 is 7.73. The number of nitrogens with two attached hydrogens (primary N) is 1. The van der Waals surface area contributed by atoms with E-state index in [1.165, 1.54) is 0 Å². The van der Waals surface area contributed by atoms with Gasteiger partial charge in [-0.1, -0.05) is 37.6 Å². The van der Waals surface area contributed by atoms with E-state index in [1.807, 2.05) is 6.26 Å². The molecule has 0 fully saturated rings. The molecule has 0 aliphatic rings. The zero-order valence-corrected chi connectivity index (χ0v) is 18.8. The van der Waals surface area contributed by atoms with E-state index >= 15 is 0 Å². The highest BCUT2D eigenvalue weighted by molar-refractivity contribution is 7.98. The number of nitrogens with one attached hydrogen (secondary N) is 1. The van der Waals surface area contributed by atoms with Crippen LogP contribution in [0.25, 0.3) is 0 Å². The monoisotopic (exact) mass is 435 g/mol. The summed E-state index contributed by atoms with van der Waals surface area (Å²) in [7, 11) is 1.75. The van der Waals surface area contributed by atoms with Gasteiger partial charge in [-0.05, 0) is 42.9 Å². The number of thioether (sulfide) groups is 1. The second-order valence-electron chi connectivity index (χ2n) is 6.74. The minimum Gasteiger partial charge on any atom is -0.344 e. The number of hydrogen-bond donors (Lipinski definition) is 2. The quantitative estimate of drug-likeness (QED) is 0.589. The van der Waals surface area contributed by atoms with E-state index in [0.717, 1.165) is 12.2 Å². The third kappa shape index (κ3) is 8.73. The molecule has 0 saturated heterocycles. The lowest BCUT2D eigenvalue weighted by atomic mass is 10.0. The highest BCUT2D eigenvalue weighted by Gasteiger charge is 2.25. The largest absolute Gasteiger partial charge is 0.344 e. The summed E-state index contributed by atoms with van der Waals surface area (Å²) in [6.07, 6.45) is 3.27. The number of benzene rings is 1. The summed E-state index contributed by atoms with van der Waals surface area (Å²) in [6.45, 7) is 4.70. The van der Waals surface area contributed by atoms with Crippen molar-refractivity contribution < 1.29 is 9.59 Å². The number of halogens is 2. The molecule has 0 aliphatic carbocycles. The Morgan fingerprint density at radius 1 is 1.26 bits per heavy atom. The molecule has 2 unspecified atom stereocenters. The highest BCUT2D eigenvalue weighted by atomic mass is 35.5. The van der Waals surface area contributed by atoms with Crippen LogP contribution >= 0.6 is 35.8 Å². The highest BCUT2D eigenvalue weighted by Crippen LogP contribution is 2.15. The van der Waals surface area contributed by atoms with Gasteiger partial charge in [0.05, 0.1) is 10.6 Å². The minimum atomic E-state index is -0.577. The summed E-state index contributed by atoms with van der Waals surface area (Å²) in [5, 5.41) is 3.21. The van der Waals surface area contributed by atoms with Gasteiger partial charge in [0.15, 0.2) is 0 Å². The molecule has 1 aromatic carbocycles. The lowest BCUT2D eigenvalue weighted by molar-refractivity contribution is -0.132. The zero-order valence-electron chi connectivity index (χ0n) is 16.4. The maximum atomic E-state index is 12.8. The first-order valence-corrected chi connectivity index (χ1v) is 10.6. The van der Waals surface area contributed by atoms with Crippen LogP contribution in [0.1, 0.15) is 37.0 Å². The molecule has 0 aliphatic heterocycles. The zero-order chi connectivity index (χ0) is 19.7. The van der Waals surface area contributed by atoms with Crippen LogP contribution in [-0.4, -0.2) is 54.4 Å². The molecule has 5 nitrogen and oxygen atoms in total. The lowest BCUT2D eigenvalue weighted by Crippen LogP contribution is -2.48. The number of nitrogens with zero attached hydrogens (tertiary/aromatic N) is 1. The fourth-order valence-corrected chi connectivity index (χ4v) is 3.12. The second-order valence-corrected chi connectivity index (χ2v) is 8.14. The van der Waals surface area contributed by atoms with Crippen LogP contribution in [0.15, 0.2) is 24.3 Å². The Bertz CT molecular complexity index is 602. The van der Waals surface area contributed by atoms with Gasteiger partial charge in [0, 0.05) is 19.6 Å². The Morgan fingerprint density at radius 3 is 2.44 bits per heavy atom. The minimum absolute atomic E-state index is 0. The Hall–Kier alpha value is -0.950. The maximum Gasteiger partial charge on any atom is 0.253 e. The molecule has 8 heteroatoms. The van der Waals surface area contributed by atoms with Crippen molar-refractivity contribution in [3.05, 3.63) is 34.9 Å². The van der Waals surface area contributed by atoms with E-state index in [2.05, 4.69) is 19.2 Å². The van der Waals surface area contributed by atoms with Crippen LogP contribution in [0.4, 0.5) is 0 Å². The number of carbonyl (C=O) groups excluding carboxylic acids is 2. The first-order valence-electron chi connectivity index (χ1n) is 8.82. The molecule has 0 radical (unpaired) electrons. The van der Waals surface area contributed by atoms with Gasteiger partial charge in [0.2, 0.25) is 5.91 Å². The molecule has 2 amide bonds. The number of rotatable bonds is 10. The lowest BCUT2D eigenvalue weighted by Gasteiger charge is -2.26. The summed E-state index contributed by atoms with van der Waals surface area (Å²) in [6, 6.07) is 6.30. The summed E-state index contributed by atoms with van der Waals surface area (Å²) < 4.78 is 0. The van der Waals surface area contributed by atoms with Gasteiger partial charge in [-0.15, -0.1) is 12.4 Å². The molecule has 1 aromatic rings. The fourth-order valence-electron chi connectivity index (χ4n) is 2.43. The molecule has 0 aromatic heterocycles. The van der Waals surface area contributed by atoms with Crippen LogP contribution in [0, 0.1) is 5.92 Å². The van der Waals surface area contributed by atoms with Crippen LogP contribution in [0.2, 0.25) is 5.02 Å². The van der Waals surface area contributed by atoms with Crippen molar-refractivity contribution in [2.24, 2.45) is 11.7 Å². The van der Waals surface area contributed by atoms with Gasteiger partial charge in [0.1, 0.15) is 6.04 Å². The van der Waals surface area contributed by atoms with Crippen molar-refractivity contribution in [1.29, 1.82) is 0 Å². The molecule has 0 spiro atoms. The molecule has 27 heavy (non-hydrogen) atoms. The first kappa shape index (κ1) is 26.1. The summed E-state index contributed by atoms with van der Waals surface area (Å²) in [5.74, 6) is 0.710. The van der Waals surface area contributed by atoms with Crippen LogP contribution in [0.3, 0.4) is 0 Å². The Labute approximate surface area is 178 Å². The maximum absolute atomic E-state index is 12.8. The predicted molar refractivity (Wildman–Crippen MR) is 118 cm³/mol. The van der Waals surface area contributed by atoms with Gasteiger partial charge in [-0.3, -0.25) is 9.59 Å². The van der Waals surface area contributed by atoms with Gasteiger partial charge in [0.25, 0.3) is 5.91 Å². The van der Waals surface area contributed by atoms with Gasteiger partial charge in [-0.25, -0.2) is 0 Å². The van der Waals surface area contributed by atoms with Crippen molar-refractivity contribution in [1.82, 2.24) is 10.2 Å². The van der Waals surface area contributed by atoms with Crippen LogP contribution < -0.4 is 11.1 Å². The van der Waals surface area contributed by atoms with Crippen molar-refractivity contribution in [2.45, 2.75) is 38.8 Å². The normalized spacial score (nSPS) is 12.9. The van der Waals surface area contributed by atoms with E-state index < -0.39 is 6.04 Å². The first-order chi connectivity index (χ1) is 12.3. The van der Waals surface area contributed by atoms with Crippen molar-refractivity contribution in [3.8, 4) is 0 Å². The number of likely N-dealkylation sites (N-methyl/N-ethyl adjacent to an activating group) is 1. The second kappa shape index (κ2) is 13.3. The molecule has 1 rings (SSSR count). The van der Waals surface area contributed by atoms with Crippen molar-refractivity contribution in [3.63, 3.8) is 0 Å². The third-order valence-electron chi connectivity index (χ3n) is 4.36. The van der Waals surface area contributed by atoms with Crippen LogP contribution in [0.5, 0.6) is 0 Å². The molecule has 0 bridgehead atoms. The summed E-state index contributed by atoms with van der Waals surface area (Å²) in [5.41, 5.74) is 6.44. The molecule has 0 heterocycles. The summed E-state index contributed by atoms with van der Waals surface area (Å²) in [4.78, 5) is 27.0. The molecule has 0 saturated carbocycles. The fraction of sp³-hybridized carbons (Fsp3) is 0.579. The predicted octanol–water partition coefficient (Wildman–Crippen LogP) is 3.45. The van der Waals surface area contributed by atoms with E-state index in [1.54, 1.807) is 48.0 Å². The topological polar surface area (TPSA) is 75.4 Å². The molecule has 154 valence electrons. The number of hydrogen-bond acceptors (Lipinski definition) is 4. The Kier molecular flexibility index (Phi) is 12.8. The van der Waals surface area contributed by atoms with E-state index in [0.29, 0.717) is 29.5 Å².